The van der Waals surface area contributed by atoms with Crippen molar-refractivity contribution in [3.63, 3.8) is 0 Å². The fraction of sp³-hybridized carbons (Fsp3) is 0.100. The third kappa shape index (κ3) is 2.38. The first-order valence-corrected chi connectivity index (χ1v) is 4.94. The predicted octanol–water partition coefficient (Wildman–Crippen LogP) is 2.49. The molecule has 16 heavy (non-hydrogen) atoms. The molecule has 0 saturated heterocycles. The van der Waals surface area contributed by atoms with Crippen LogP contribution in [0.4, 0.5) is 5.69 Å². The summed E-state index contributed by atoms with van der Waals surface area (Å²) in [5.41, 5.74) is 0.983. The van der Waals surface area contributed by atoms with E-state index in [0.717, 1.165) is 5.56 Å². The summed E-state index contributed by atoms with van der Waals surface area (Å²) in [4.78, 5) is 9.98. The lowest BCUT2D eigenvalue weighted by Crippen LogP contribution is -1.99. The molecule has 2 rings (SSSR count). The van der Waals surface area contributed by atoms with Gasteiger partial charge in [-0.15, -0.1) is 0 Å². The number of hydrogen-bond donors (Lipinski definition) is 0. The first-order chi connectivity index (χ1) is 7.65. The predicted molar refractivity (Wildman–Crippen MR) is 59.4 cm³/mol. The fourth-order valence-corrected chi connectivity index (χ4v) is 1.44. The van der Waals surface area contributed by atoms with Crippen molar-refractivity contribution in [3.8, 4) is 0 Å². The minimum Gasteiger partial charge on any atom is -0.261 e. The van der Waals surface area contributed by atoms with Crippen LogP contribution in [0.2, 0.25) is 5.02 Å². The molecule has 6 heteroatoms. The van der Waals surface area contributed by atoms with Gasteiger partial charge in [0.25, 0.3) is 0 Å². The van der Waals surface area contributed by atoms with Crippen LogP contribution >= 0.6 is 11.6 Å². The van der Waals surface area contributed by atoms with Crippen molar-refractivity contribution < 1.29 is 4.92 Å². The van der Waals surface area contributed by atoms with Gasteiger partial charge < -0.3 is 0 Å². The molecule has 0 saturated carbocycles. The summed E-state index contributed by atoms with van der Waals surface area (Å²) in [7, 11) is 0. The van der Waals surface area contributed by atoms with Crippen LogP contribution in [0.1, 0.15) is 5.56 Å². The molecule has 0 N–H and O–H groups in total. The Hall–Kier alpha value is -1.88. The lowest BCUT2D eigenvalue weighted by molar-refractivity contribution is -0.385. The van der Waals surface area contributed by atoms with Gasteiger partial charge in [0.15, 0.2) is 0 Å². The van der Waals surface area contributed by atoms with E-state index >= 15 is 0 Å². The van der Waals surface area contributed by atoms with Gasteiger partial charge in [-0.05, 0) is 17.7 Å². The quantitative estimate of drug-likeness (QED) is 0.609. The first-order valence-electron chi connectivity index (χ1n) is 4.56. The molecule has 0 unspecified atom stereocenters. The smallest absolute Gasteiger partial charge is 0.261 e. The second kappa shape index (κ2) is 4.32. The molecule has 1 aromatic carbocycles. The van der Waals surface area contributed by atoms with E-state index in [-0.39, 0.29) is 5.69 Å². The summed E-state index contributed by atoms with van der Waals surface area (Å²) in [5, 5.41) is 15.0. The van der Waals surface area contributed by atoms with E-state index in [0.29, 0.717) is 11.6 Å². The minimum absolute atomic E-state index is 0.00559. The van der Waals surface area contributed by atoms with Gasteiger partial charge in [-0.25, -0.2) is 0 Å². The monoisotopic (exact) mass is 237 g/mol. The molecular weight excluding hydrogens is 230 g/mol. The minimum atomic E-state index is -0.467. The molecule has 0 radical (unpaired) electrons. The van der Waals surface area contributed by atoms with Crippen LogP contribution in [0.5, 0.6) is 0 Å². The van der Waals surface area contributed by atoms with E-state index in [4.69, 9.17) is 11.6 Å². The van der Waals surface area contributed by atoms with Crippen molar-refractivity contribution in [1.82, 2.24) is 9.78 Å². The topological polar surface area (TPSA) is 61.0 Å². The Labute approximate surface area is 96.4 Å². The molecule has 0 amide bonds. The van der Waals surface area contributed by atoms with Crippen LogP contribution in [0, 0.1) is 10.1 Å². The van der Waals surface area contributed by atoms with Crippen molar-refractivity contribution in [2.24, 2.45) is 0 Å². The van der Waals surface area contributed by atoms with E-state index in [1.54, 1.807) is 12.1 Å². The van der Waals surface area contributed by atoms with Crippen molar-refractivity contribution in [3.05, 3.63) is 57.4 Å². The highest BCUT2D eigenvalue weighted by Gasteiger charge is 2.08. The summed E-state index contributed by atoms with van der Waals surface area (Å²) in [6.45, 7) is 0.491. The molecule has 82 valence electrons. The highest BCUT2D eigenvalue weighted by atomic mass is 35.5. The number of nitro groups is 1. The molecule has 0 spiro atoms. The summed E-state index contributed by atoms with van der Waals surface area (Å²) in [5.74, 6) is 0. The van der Waals surface area contributed by atoms with Gasteiger partial charge in [0.1, 0.15) is 12.4 Å². The lowest BCUT2D eigenvalue weighted by atomic mass is 10.2. The molecule has 1 aromatic heterocycles. The van der Waals surface area contributed by atoms with Crippen LogP contribution in [0.25, 0.3) is 0 Å². The SMILES string of the molecule is O=[N+]([O-])c1cnn(Cc2ccc(Cl)cc2)c1. The maximum absolute atomic E-state index is 10.4. The zero-order valence-electron chi connectivity index (χ0n) is 8.21. The Morgan fingerprint density at radius 1 is 1.38 bits per heavy atom. The van der Waals surface area contributed by atoms with Gasteiger partial charge in [0.05, 0.1) is 11.5 Å². The molecule has 5 nitrogen and oxygen atoms in total. The van der Waals surface area contributed by atoms with Crippen molar-refractivity contribution >= 4 is 17.3 Å². The second-order valence-electron chi connectivity index (χ2n) is 3.28. The van der Waals surface area contributed by atoms with Crippen LogP contribution in [-0.2, 0) is 6.54 Å². The normalized spacial score (nSPS) is 10.3. The number of rotatable bonds is 3. The molecule has 0 aliphatic heterocycles. The van der Waals surface area contributed by atoms with Crippen LogP contribution in [-0.4, -0.2) is 14.7 Å². The van der Waals surface area contributed by atoms with E-state index in [9.17, 15) is 10.1 Å². The fourth-order valence-electron chi connectivity index (χ4n) is 1.31. The van der Waals surface area contributed by atoms with Gasteiger partial charge in [-0.2, -0.15) is 5.10 Å². The third-order valence-electron chi connectivity index (χ3n) is 2.09. The largest absolute Gasteiger partial charge is 0.307 e. The Bertz CT molecular complexity index is 507. The molecule has 0 aliphatic rings. The number of hydrogen-bond acceptors (Lipinski definition) is 3. The highest BCUT2D eigenvalue weighted by Crippen LogP contribution is 2.12. The molecule has 1 heterocycles. The Balaban J connectivity index is 2.14. The zero-order chi connectivity index (χ0) is 11.5. The van der Waals surface area contributed by atoms with E-state index in [2.05, 4.69) is 5.10 Å². The average molecular weight is 238 g/mol. The zero-order valence-corrected chi connectivity index (χ0v) is 8.96. The number of halogens is 1. The Morgan fingerprint density at radius 3 is 2.62 bits per heavy atom. The van der Waals surface area contributed by atoms with Crippen LogP contribution < -0.4 is 0 Å². The standard InChI is InChI=1S/C10H8ClN3O2/c11-9-3-1-8(2-4-9)6-13-7-10(5-12-13)14(15)16/h1-5,7H,6H2. The lowest BCUT2D eigenvalue weighted by Gasteiger charge is -2.00. The summed E-state index contributed by atoms with van der Waals surface area (Å²) < 4.78 is 1.52. The van der Waals surface area contributed by atoms with E-state index in [1.165, 1.54) is 17.1 Å². The molecule has 2 aromatic rings. The third-order valence-corrected chi connectivity index (χ3v) is 2.34. The van der Waals surface area contributed by atoms with Crippen molar-refractivity contribution in [2.45, 2.75) is 6.54 Å². The van der Waals surface area contributed by atoms with Crippen LogP contribution in [0.15, 0.2) is 36.7 Å². The average Bonchev–Trinajstić information content (AvgIpc) is 2.70. The summed E-state index contributed by atoms with van der Waals surface area (Å²) in [6, 6.07) is 7.26. The van der Waals surface area contributed by atoms with Crippen LogP contribution in [0.3, 0.4) is 0 Å². The highest BCUT2D eigenvalue weighted by molar-refractivity contribution is 6.30. The van der Waals surface area contributed by atoms with Crippen molar-refractivity contribution in [1.29, 1.82) is 0 Å². The second-order valence-corrected chi connectivity index (χ2v) is 3.72. The first kappa shape index (κ1) is 10.6. The van der Waals surface area contributed by atoms with Gasteiger partial charge in [0.2, 0.25) is 0 Å². The maximum Gasteiger partial charge on any atom is 0.307 e. The van der Waals surface area contributed by atoms with Crippen molar-refractivity contribution in [2.75, 3.05) is 0 Å². The van der Waals surface area contributed by atoms with E-state index < -0.39 is 4.92 Å². The molecule has 0 bridgehead atoms. The van der Waals surface area contributed by atoms with Gasteiger partial charge >= 0.3 is 5.69 Å². The summed E-state index contributed by atoms with van der Waals surface area (Å²) in [6.07, 6.45) is 2.63. The molecular formula is C10H8ClN3O2. The van der Waals surface area contributed by atoms with Gasteiger partial charge in [0, 0.05) is 5.02 Å². The molecule has 0 fully saturated rings. The number of benzene rings is 1. The maximum atomic E-state index is 10.4. The van der Waals surface area contributed by atoms with Gasteiger partial charge in [-0.3, -0.25) is 14.8 Å². The molecule has 0 aliphatic carbocycles. The Kier molecular flexibility index (Phi) is 2.87. The Morgan fingerprint density at radius 2 is 2.06 bits per heavy atom. The van der Waals surface area contributed by atoms with E-state index in [1.807, 2.05) is 12.1 Å². The van der Waals surface area contributed by atoms with Gasteiger partial charge in [-0.1, -0.05) is 23.7 Å². The summed E-state index contributed by atoms with van der Waals surface area (Å²) >= 11 is 5.75. The number of aromatic nitrogens is 2. The molecule has 0 atom stereocenters. The number of nitrogens with zero attached hydrogens (tertiary/aromatic N) is 3.